The van der Waals surface area contributed by atoms with E-state index in [1.54, 1.807) is 4.68 Å². The van der Waals surface area contributed by atoms with E-state index in [0.717, 1.165) is 17.8 Å². The lowest BCUT2D eigenvalue weighted by Crippen LogP contribution is -2.49. The molecule has 1 fully saturated rings. The molecule has 0 amide bonds. The fourth-order valence-electron chi connectivity index (χ4n) is 3.78. The monoisotopic (exact) mass is 326 g/mol. The average Bonchev–Trinajstić information content (AvgIpc) is 2.97. The zero-order valence-corrected chi connectivity index (χ0v) is 14.7. The van der Waals surface area contributed by atoms with Crippen LogP contribution in [0, 0.1) is 6.92 Å². The zero-order valence-electron chi connectivity index (χ0n) is 14.7. The minimum Gasteiger partial charge on any atom is -0.385 e. The maximum atomic E-state index is 11.4. The van der Waals surface area contributed by atoms with Crippen LogP contribution in [-0.2, 0) is 12.6 Å². The first-order valence-corrected chi connectivity index (χ1v) is 8.45. The van der Waals surface area contributed by atoms with E-state index >= 15 is 0 Å². The van der Waals surface area contributed by atoms with Crippen LogP contribution in [0.3, 0.4) is 0 Å². The van der Waals surface area contributed by atoms with Gasteiger partial charge in [0.1, 0.15) is 0 Å². The second-order valence-electron chi connectivity index (χ2n) is 6.97. The number of hydrogen-bond donors (Lipinski definition) is 1. The van der Waals surface area contributed by atoms with Gasteiger partial charge < -0.3 is 5.11 Å². The van der Waals surface area contributed by atoms with Crippen LogP contribution in [-0.4, -0.2) is 37.6 Å². The van der Waals surface area contributed by atoms with Crippen LogP contribution in [0.25, 0.3) is 0 Å². The second-order valence-corrected chi connectivity index (χ2v) is 6.97. The van der Waals surface area contributed by atoms with Gasteiger partial charge in [-0.1, -0.05) is 41.1 Å². The predicted octanol–water partition coefficient (Wildman–Crippen LogP) is 2.72. The standard InChI is InChI=1S/C19H26N4O/c1-5-10-23-15(3)11-19(24,16-8-6-14(2)7-9-16)12-18(23)17-13-22(4)21-20-17/h5-9,13,15,18,24H,1,10-12H2,2-4H3/t15-,18-,19-/m0/s1. The van der Waals surface area contributed by atoms with Crippen molar-refractivity contribution in [2.75, 3.05) is 6.54 Å². The van der Waals surface area contributed by atoms with Gasteiger partial charge in [-0.05, 0) is 25.8 Å². The van der Waals surface area contributed by atoms with E-state index < -0.39 is 5.60 Å². The maximum Gasteiger partial charge on any atom is 0.0999 e. The molecule has 3 rings (SSSR count). The first-order valence-electron chi connectivity index (χ1n) is 8.45. The molecule has 1 aromatic carbocycles. The van der Waals surface area contributed by atoms with E-state index in [4.69, 9.17) is 0 Å². The summed E-state index contributed by atoms with van der Waals surface area (Å²) in [5, 5.41) is 19.8. The summed E-state index contributed by atoms with van der Waals surface area (Å²) in [5.41, 5.74) is 2.22. The third-order valence-electron chi connectivity index (χ3n) is 5.02. The fraction of sp³-hybridized carbons (Fsp3) is 0.474. The van der Waals surface area contributed by atoms with Gasteiger partial charge >= 0.3 is 0 Å². The molecule has 0 bridgehead atoms. The molecule has 3 atom stereocenters. The number of likely N-dealkylation sites (tertiary alicyclic amines) is 1. The number of aromatic nitrogens is 3. The van der Waals surface area contributed by atoms with Crippen LogP contribution in [0.1, 0.15) is 42.6 Å². The molecular formula is C19H26N4O. The summed E-state index contributed by atoms with van der Waals surface area (Å²) < 4.78 is 1.71. The first kappa shape index (κ1) is 16.9. The normalized spacial score (nSPS) is 28.0. The number of benzene rings is 1. The lowest BCUT2D eigenvalue weighted by molar-refractivity contribution is -0.0742. The van der Waals surface area contributed by atoms with Crippen molar-refractivity contribution in [1.82, 2.24) is 19.9 Å². The Morgan fingerprint density at radius 3 is 2.62 bits per heavy atom. The lowest BCUT2D eigenvalue weighted by atomic mass is 9.77. The van der Waals surface area contributed by atoms with E-state index in [-0.39, 0.29) is 12.1 Å². The molecule has 1 aliphatic rings. The topological polar surface area (TPSA) is 54.2 Å². The van der Waals surface area contributed by atoms with Crippen LogP contribution in [0.4, 0.5) is 0 Å². The minimum atomic E-state index is -0.854. The number of aryl methyl sites for hydroxylation is 2. The molecule has 0 saturated carbocycles. The number of rotatable bonds is 4. The van der Waals surface area contributed by atoms with E-state index in [9.17, 15) is 5.11 Å². The highest BCUT2D eigenvalue weighted by Crippen LogP contribution is 2.44. The second kappa shape index (κ2) is 6.49. The molecule has 0 aliphatic carbocycles. The summed E-state index contributed by atoms with van der Waals surface area (Å²) in [6.07, 6.45) is 5.15. The van der Waals surface area contributed by atoms with Crippen molar-refractivity contribution < 1.29 is 5.11 Å². The Hall–Kier alpha value is -1.98. The molecule has 2 heterocycles. The highest BCUT2D eigenvalue weighted by molar-refractivity contribution is 5.28. The summed E-state index contributed by atoms with van der Waals surface area (Å²) >= 11 is 0. The van der Waals surface area contributed by atoms with Gasteiger partial charge in [0, 0.05) is 32.3 Å². The van der Waals surface area contributed by atoms with Gasteiger partial charge in [-0.15, -0.1) is 11.7 Å². The lowest BCUT2D eigenvalue weighted by Gasteiger charge is -2.47. The summed E-state index contributed by atoms with van der Waals surface area (Å²) in [6.45, 7) is 8.87. The van der Waals surface area contributed by atoms with E-state index in [1.807, 2.05) is 31.5 Å². The van der Waals surface area contributed by atoms with Crippen molar-refractivity contribution in [1.29, 1.82) is 0 Å². The van der Waals surface area contributed by atoms with Crippen LogP contribution >= 0.6 is 0 Å². The van der Waals surface area contributed by atoms with E-state index in [0.29, 0.717) is 12.8 Å². The molecule has 1 aromatic heterocycles. The van der Waals surface area contributed by atoms with Gasteiger partial charge in [0.15, 0.2) is 0 Å². The Morgan fingerprint density at radius 1 is 1.33 bits per heavy atom. The number of nitrogens with zero attached hydrogens (tertiary/aromatic N) is 4. The van der Waals surface area contributed by atoms with Gasteiger partial charge in [0.2, 0.25) is 0 Å². The Bertz CT molecular complexity index is 708. The highest BCUT2D eigenvalue weighted by atomic mass is 16.3. The third-order valence-corrected chi connectivity index (χ3v) is 5.02. The maximum absolute atomic E-state index is 11.4. The summed E-state index contributed by atoms with van der Waals surface area (Å²) in [5.74, 6) is 0. The van der Waals surface area contributed by atoms with Crippen molar-refractivity contribution in [3.8, 4) is 0 Å². The van der Waals surface area contributed by atoms with Gasteiger partial charge in [0.05, 0.1) is 17.3 Å². The molecule has 5 nitrogen and oxygen atoms in total. The SMILES string of the molecule is C=CCN1[C@@H](C)C[C@@](O)(c2ccc(C)cc2)C[C@H]1c1cn(C)nn1. The first-order chi connectivity index (χ1) is 11.4. The molecule has 0 radical (unpaired) electrons. The smallest absolute Gasteiger partial charge is 0.0999 e. The molecule has 1 aliphatic heterocycles. The molecular weight excluding hydrogens is 300 g/mol. The minimum absolute atomic E-state index is 0.0201. The molecule has 1 N–H and O–H groups in total. The number of hydrogen-bond acceptors (Lipinski definition) is 4. The third kappa shape index (κ3) is 3.14. The van der Waals surface area contributed by atoms with Crippen molar-refractivity contribution in [3.63, 3.8) is 0 Å². The van der Waals surface area contributed by atoms with Gasteiger partial charge in [0.25, 0.3) is 0 Å². The van der Waals surface area contributed by atoms with Gasteiger partial charge in [-0.25, -0.2) is 0 Å². The summed E-state index contributed by atoms with van der Waals surface area (Å²) in [6, 6.07) is 8.44. The molecule has 0 unspecified atom stereocenters. The van der Waals surface area contributed by atoms with Crippen LogP contribution in [0.2, 0.25) is 0 Å². The summed E-state index contributed by atoms with van der Waals surface area (Å²) in [7, 11) is 1.87. The predicted molar refractivity (Wildman–Crippen MR) is 94.4 cm³/mol. The van der Waals surface area contributed by atoms with Crippen LogP contribution in [0.15, 0.2) is 43.1 Å². The van der Waals surface area contributed by atoms with Crippen LogP contribution < -0.4 is 0 Å². The van der Waals surface area contributed by atoms with Crippen molar-refractivity contribution in [2.45, 2.75) is 44.4 Å². The molecule has 1 saturated heterocycles. The number of aliphatic hydroxyl groups is 1. The molecule has 24 heavy (non-hydrogen) atoms. The van der Waals surface area contributed by atoms with Gasteiger partial charge in [-0.3, -0.25) is 9.58 Å². The van der Waals surface area contributed by atoms with Crippen molar-refractivity contribution in [3.05, 3.63) is 59.9 Å². The molecule has 0 spiro atoms. The Kier molecular flexibility index (Phi) is 4.56. The van der Waals surface area contributed by atoms with Crippen molar-refractivity contribution >= 4 is 0 Å². The molecule has 2 aromatic rings. The Balaban J connectivity index is 1.97. The Labute approximate surface area is 143 Å². The van der Waals surface area contributed by atoms with E-state index in [2.05, 4.69) is 47.8 Å². The van der Waals surface area contributed by atoms with Crippen molar-refractivity contribution in [2.24, 2.45) is 7.05 Å². The largest absolute Gasteiger partial charge is 0.385 e. The zero-order chi connectivity index (χ0) is 17.3. The molecule has 128 valence electrons. The van der Waals surface area contributed by atoms with Gasteiger partial charge in [-0.2, -0.15) is 0 Å². The van der Waals surface area contributed by atoms with E-state index in [1.165, 1.54) is 5.56 Å². The highest BCUT2D eigenvalue weighted by Gasteiger charge is 2.44. The average molecular weight is 326 g/mol. The summed E-state index contributed by atoms with van der Waals surface area (Å²) in [4.78, 5) is 2.35. The number of piperidine rings is 1. The van der Waals surface area contributed by atoms with Crippen LogP contribution in [0.5, 0.6) is 0 Å². The Morgan fingerprint density at radius 2 is 2.04 bits per heavy atom. The quantitative estimate of drug-likeness (QED) is 0.878. The molecule has 5 heteroatoms. The fourth-order valence-corrected chi connectivity index (χ4v) is 3.78.